The number of hydrogen-bond donors (Lipinski definition) is 2. The topological polar surface area (TPSA) is 187 Å². The van der Waals surface area contributed by atoms with E-state index in [-0.39, 0.29) is 86.6 Å². The lowest BCUT2D eigenvalue weighted by atomic mass is 9.74. The van der Waals surface area contributed by atoms with Gasteiger partial charge in [0.25, 0.3) is 0 Å². The number of carbonyl (C=O) groups is 8. The van der Waals surface area contributed by atoms with E-state index in [4.69, 9.17) is 10.5 Å². The third-order valence-corrected chi connectivity index (χ3v) is 13.9. The first-order valence-corrected chi connectivity index (χ1v) is 24.6. The molecule has 3 aliphatic rings. The molecule has 3 fully saturated rings. The molecule has 3 amide bonds. The molecule has 6 atom stereocenters. The van der Waals surface area contributed by atoms with E-state index in [0.717, 1.165) is 89.0 Å². The van der Waals surface area contributed by atoms with Gasteiger partial charge in [-0.15, -0.1) is 0 Å². The monoisotopic (exact) mass is 876 g/mol. The zero-order chi connectivity index (χ0) is 45.7. The first-order valence-electron chi connectivity index (χ1n) is 24.6. The molecule has 1 heterocycles. The van der Waals surface area contributed by atoms with Gasteiger partial charge in [-0.25, -0.2) is 0 Å². The lowest BCUT2D eigenvalue weighted by Crippen LogP contribution is -2.47. The molecule has 1 aromatic carbocycles. The van der Waals surface area contributed by atoms with Crippen molar-refractivity contribution in [1.29, 1.82) is 0 Å². The number of nitrogens with zero attached hydrogens (tertiary/aromatic N) is 1. The minimum Gasteiger partial charge on any atom is -0.372 e. The van der Waals surface area contributed by atoms with E-state index in [2.05, 4.69) is 5.32 Å². The van der Waals surface area contributed by atoms with E-state index < -0.39 is 59.3 Å². The van der Waals surface area contributed by atoms with Crippen molar-refractivity contribution in [2.45, 2.75) is 200 Å². The van der Waals surface area contributed by atoms with Crippen molar-refractivity contribution < 1.29 is 43.1 Å². The van der Waals surface area contributed by atoms with Crippen LogP contribution >= 0.6 is 0 Å². The van der Waals surface area contributed by atoms with Gasteiger partial charge in [0.2, 0.25) is 23.5 Å². The molecule has 0 radical (unpaired) electrons. The zero-order valence-electron chi connectivity index (χ0n) is 38.6. The third-order valence-electron chi connectivity index (χ3n) is 13.9. The Hall–Kier alpha value is -4.06. The number of benzene rings is 1. The predicted molar refractivity (Wildman–Crippen MR) is 242 cm³/mol. The lowest BCUT2D eigenvalue weighted by Gasteiger charge is -2.35. The van der Waals surface area contributed by atoms with Crippen molar-refractivity contribution in [3.05, 3.63) is 35.9 Å². The standard InChI is InChI=1S/C51H77N3O9/c1-4-7-21-39(50(52)61)30-46(57)42(26-8-5-2)53-48(59)28-27-44(55)49(60)38(18-6-3)29-47(58)43-31-40(63-34-35-19-12-9-13-20-35)33-54(43)51(62)41(36-22-14-10-15-23-36)32-45(56)37-24-16-11-17-25-37/h9,12-13,19-20,36-43H,4-8,10-11,14-18,21-34H2,1-3H3,(H2,52,61)(H,53,59)/t38?,39?,40-,41?,42?,43+/m1/s1. The summed E-state index contributed by atoms with van der Waals surface area (Å²) in [6, 6.07) is 7.99. The second-order valence-electron chi connectivity index (χ2n) is 18.8. The number of primary amides is 1. The van der Waals surface area contributed by atoms with Gasteiger partial charge < -0.3 is 20.7 Å². The van der Waals surface area contributed by atoms with Gasteiger partial charge in [0, 0.05) is 68.7 Å². The van der Waals surface area contributed by atoms with Crippen LogP contribution < -0.4 is 11.1 Å². The summed E-state index contributed by atoms with van der Waals surface area (Å²) in [6.45, 7) is 6.33. The molecule has 0 bridgehead atoms. The van der Waals surface area contributed by atoms with Crippen LogP contribution in [0.1, 0.15) is 180 Å². The number of ketones is 5. The van der Waals surface area contributed by atoms with Crippen LogP contribution in [0.25, 0.3) is 0 Å². The maximum atomic E-state index is 14.9. The molecule has 0 spiro atoms. The number of nitrogens with one attached hydrogen (secondary N) is 1. The number of nitrogens with two attached hydrogens (primary N) is 1. The second kappa shape index (κ2) is 27.3. The van der Waals surface area contributed by atoms with E-state index in [9.17, 15) is 38.4 Å². The Balaban J connectivity index is 1.46. The Morgan fingerprint density at radius 3 is 2.02 bits per heavy atom. The summed E-state index contributed by atoms with van der Waals surface area (Å²) in [5.41, 5.74) is 6.55. The van der Waals surface area contributed by atoms with E-state index >= 15 is 0 Å². The molecule has 3 N–H and O–H groups in total. The fraction of sp³-hybridized carbons (Fsp3) is 0.725. The number of Topliss-reactive ketones (excluding diaryl/α,β-unsaturated/α-hetero) is 5. The van der Waals surface area contributed by atoms with E-state index in [1.54, 1.807) is 4.90 Å². The Morgan fingerprint density at radius 1 is 0.730 bits per heavy atom. The van der Waals surface area contributed by atoms with Crippen LogP contribution in [0.5, 0.6) is 0 Å². The minimum atomic E-state index is -0.922. The molecule has 12 nitrogen and oxygen atoms in total. The lowest BCUT2D eigenvalue weighted by molar-refractivity contribution is -0.146. The highest BCUT2D eigenvalue weighted by Gasteiger charge is 2.45. The molecule has 4 unspecified atom stereocenters. The number of hydrogen-bond acceptors (Lipinski definition) is 9. The smallest absolute Gasteiger partial charge is 0.227 e. The molecular formula is C51H77N3O9. The second-order valence-corrected chi connectivity index (χ2v) is 18.8. The average molecular weight is 876 g/mol. The summed E-state index contributed by atoms with van der Waals surface area (Å²) < 4.78 is 6.34. The van der Waals surface area contributed by atoms with Crippen molar-refractivity contribution in [3.63, 3.8) is 0 Å². The van der Waals surface area contributed by atoms with Gasteiger partial charge in [0.1, 0.15) is 5.78 Å². The quantitative estimate of drug-likeness (QED) is 0.0750. The first-order chi connectivity index (χ1) is 30.4. The Morgan fingerprint density at radius 2 is 1.38 bits per heavy atom. The number of likely N-dealkylation sites (tertiary alicyclic amines) is 1. The normalized spacial score (nSPS) is 20.3. The zero-order valence-corrected chi connectivity index (χ0v) is 38.6. The third kappa shape index (κ3) is 16.5. The van der Waals surface area contributed by atoms with Crippen LogP contribution in [-0.4, -0.2) is 76.3 Å². The van der Waals surface area contributed by atoms with Crippen molar-refractivity contribution >= 4 is 46.6 Å². The highest BCUT2D eigenvalue weighted by Crippen LogP contribution is 2.38. The summed E-state index contributed by atoms with van der Waals surface area (Å²) in [5.74, 6) is -5.23. The van der Waals surface area contributed by atoms with Gasteiger partial charge in [-0.1, -0.05) is 122 Å². The Labute approximate surface area is 376 Å². The maximum Gasteiger partial charge on any atom is 0.227 e. The van der Waals surface area contributed by atoms with Gasteiger partial charge in [-0.05, 0) is 56.4 Å². The van der Waals surface area contributed by atoms with Crippen LogP contribution in [0.2, 0.25) is 0 Å². The molecule has 1 saturated heterocycles. The highest BCUT2D eigenvalue weighted by atomic mass is 16.5. The van der Waals surface area contributed by atoms with Gasteiger partial charge in [0.15, 0.2) is 17.3 Å². The summed E-state index contributed by atoms with van der Waals surface area (Å²) in [6.07, 6.45) is 13.5. The number of rotatable bonds is 29. The molecule has 350 valence electrons. The van der Waals surface area contributed by atoms with Crippen molar-refractivity contribution in [2.24, 2.45) is 35.3 Å². The van der Waals surface area contributed by atoms with Crippen LogP contribution in [0.3, 0.4) is 0 Å². The van der Waals surface area contributed by atoms with Crippen molar-refractivity contribution in [2.75, 3.05) is 6.54 Å². The number of unbranched alkanes of at least 4 members (excludes halogenated alkanes) is 2. The predicted octanol–water partition coefficient (Wildman–Crippen LogP) is 8.13. The Bertz CT molecular complexity index is 1670. The summed E-state index contributed by atoms with van der Waals surface area (Å²) in [7, 11) is 0. The molecule has 0 aromatic heterocycles. The summed E-state index contributed by atoms with van der Waals surface area (Å²) in [5, 5.41) is 2.74. The first kappa shape index (κ1) is 51.6. The van der Waals surface area contributed by atoms with Gasteiger partial charge in [0.05, 0.1) is 24.8 Å². The molecule has 1 aromatic rings. The average Bonchev–Trinajstić information content (AvgIpc) is 3.74. The molecule has 63 heavy (non-hydrogen) atoms. The van der Waals surface area contributed by atoms with E-state index in [1.165, 1.54) is 0 Å². The van der Waals surface area contributed by atoms with Crippen LogP contribution in [0.15, 0.2) is 30.3 Å². The fourth-order valence-electron chi connectivity index (χ4n) is 10.1. The summed E-state index contributed by atoms with van der Waals surface area (Å²) >= 11 is 0. The SMILES string of the molecule is CCCCC(CC(=O)C(CCCC)NC(=O)CCC(=O)C(=O)C(CCC)CC(=O)[C@@H]1C[C@@H](OCc2ccccc2)CN1C(=O)C(CC(=O)C1CCCCC1)C1CCCCC1)C(N)=O. The summed E-state index contributed by atoms with van der Waals surface area (Å²) in [4.78, 5) is 110. The molecular weight excluding hydrogens is 799 g/mol. The fourth-order valence-corrected chi connectivity index (χ4v) is 10.1. The molecule has 4 rings (SSSR count). The van der Waals surface area contributed by atoms with Crippen LogP contribution in [-0.2, 0) is 49.7 Å². The molecule has 2 aliphatic carbocycles. The molecule has 1 aliphatic heterocycles. The maximum absolute atomic E-state index is 14.9. The van der Waals surface area contributed by atoms with E-state index in [0.29, 0.717) is 32.3 Å². The highest BCUT2D eigenvalue weighted by molar-refractivity contribution is 6.38. The van der Waals surface area contributed by atoms with Gasteiger partial charge in [-0.2, -0.15) is 0 Å². The van der Waals surface area contributed by atoms with Gasteiger partial charge >= 0.3 is 0 Å². The number of amides is 3. The molecule has 12 heteroatoms. The van der Waals surface area contributed by atoms with Crippen molar-refractivity contribution in [1.82, 2.24) is 10.2 Å². The number of carbonyl (C=O) groups excluding carboxylic acids is 8. The Kier molecular flexibility index (Phi) is 22.4. The molecule has 2 saturated carbocycles. The van der Waals surface area contributed by atoms with E-state index in [1.807, 2.05) is 51.1 Å². The number of ether oxygens (including phenoxy) is 1. The minimum absolute atomic E-state index is 0.0265. The van der Waals surface area contributed by atoms with Crippen molar-refractivity contribution in [3.8, 4) is 0 Å². The van der Waals surface area contributed by atoms with Crippen LogP contribution in [0, 0.1) is 29.6 Å². The largest absolute Gasteiger partial charge is 0.372 e. The van der Waals surface area contributed by atoms with Gasteiger partial charge in [-0.3, -0.25) is 38.4 Å². The van der Waals surface area contributed by atoms with Crippen LogP contribution in [0.4, 0.5) is 0 Å².